The van der Waals surface area contributed by atoms with E-state index in [2.05, 4.69) is 14.5 Å². The van der Waals surface area contributed by atoms with E-state index < -0.39 is 30.0 Å². The molecule has 0 aliphatic rings. The fourth-order valence-corrected chi connectivity index (χ4v) is 5.87. The third-order valence-electron chi connectivity index (χ3n) is 5.25. The molecule has 2 aromatic heterocycles. The number of nitrogens with zero attached hydrogens (tertiary/aromatic N) is 3. The average Bonchev–Trinajstić information content (AvgIpc) is 3.13. The van der Waals surface area contributed by atoms with Crippen molar-refractivity contribution in [1.29, 1.82) is 0 Å². The van der Waals surface area contributed by atoms with Crippen LogP contribution in [-0.2, 0) is 33.2 Å². The van der Waals surface area contributed by atoms with E-state index in [0.29, 0.717) is 24.6 Å². The summed E-state index contributed by atoms with van der Waals surface area (Å²) in [6, 6.07) is 7.53. The van der Waals surface area contributed by atoms with Crippen LogP contribution in [0.5, 0.6) is 0 Å². The van der Waals surface area contributed by atoms with Crippen molar-refractivity contribution in [3.8, 4) is 0 Å². The number of nitrogens with two attached hydrogens (primary N) is 1. The molecule has 0 spiro atoms. The van der Waals surface area contributed by atoms with Gasteiger partial charge in [0.1, 0.15) is 21.4 Å². The van der Waals surface area contributed by atoms with Crippen molar-refractivity contribution in [3.05, 3.63) is 70.1 Å². The monoisotopic (exact) mass is 624 g/mol. The first-order valence-corrected chi connectivity index (χ1v) is 14.2. The highest BCUT2D eigenvalue weighted by Crippen LogP contribution is 2.28. The summed E-state index contributed by atoms with van der Waals surface area (Å²) in [7, 11) is -8.94. The largest absolute Gasteiger partial charge is 1.00 e. The molecule has 2 heterocycles. The molecule has 0 unspecified atom stereocenters. The molecule has 2 aromatic carbocycles. The molecule has 0 saturated heterocycles. The van der Waals surface area contributed by atoms with Gasteiger partial charge in [-0.25, -0.2) is 9.97 Å². The van der Waals surface area contributed by atoms with Crippen molar-refractivity contribution in [1.82, 2.24) is 9.97 Å². The number of fused-ring (bicyclic) bond motifs is 1. The van der Waals surface area contributed by atoms with Gasteiger partial charge in [0.05, 0.1) is 10.4 Å². The first-order valence-electron chi connectivity index (χ1n) is 10.4. The van der Waals surface area contributed by atoms with Gasteiger partial charge in [-0.2, -0.15) is 21.4 Å². The zero-order valence-corrected chi connectivity index (χ0v) is 24.2. The van der Waals surface area contributed by atoms with E-state index in [-0.39, 0.29) is 42.2 Å². The van der Waals surface area contributed by atoms with Crippen molar-refractivity contribution in [3.63, 3.8) is 0 Å². The molecule has 0 fully saturated rings. The van der Waals surface area contributed by atoms with E-state index in [9.17, 15) is 16.8 Å². The van der Waals surface area contributed by atoms with Crippen LogP contribution in [0.3, 0.4) is 0 Å². The van der Waals surface area contributed by atoms with Gasteiger partial charge in [0.15, 0.2) is 12.2 Å². The Morgan fingerprint density at radius 3 is 1.95 bits per heavy atom. The average molecular weight is 626 g/mol. The first kappa shape index (κ1) is 33.6. The Morgan fingerprint density at radius 2 is 1.50 bits per heavy atom. The van der Waals surface area contributed by atoms with Gasteiger partial charge in [0.2, 0.25) is 5.51 Å². The molecule has 0 atom stereocenters. The molecule has 0 amide bonds. The highest BCUT2D eigenvalue weighted by atomic mass is 35.5. The lowest BCUT2D eigenvalue weighted by atomic mass is 10.1. The smallest absolute Gasteiger partial charge is 0.295 e. The minimum atomic E-state index is -4.47. The summed E-state index contributed by atoms with van der Waals surface area (Å²) in [5, 5.41) is 9.02. The molecule has 208 valence electrons. The van der Waals surface area contributed by atoms with Gasteiger partial charge >= 0.3 is 0 Å². The highest BCUT2D eigenvalue weighted by molar-refractivity contribution is 7.86. The van der Waals surface area contributed by atoms with Gasteiger partial charge in [-0.05, 0) is 19.1 Å². The number of anilines is 1. The number of hydrogen-bond donors (Lipinski definition) is 4. The van der Waals surface area contributed by atoms with Crippen molar-refractivity contribution >= 4 is 60.6 Å². The number of aryl methyl sites for hydroxylation is 1. The highest BCUT2D eigenvalue weighted by Gasteiger charge is 2.19. The first-order chi connectivity index (χ1) is 16.8. The predicted octanol–water partition coefficient (Wildman–Crippen LogP) is -0.633. The van der Waals surface area contributed by atoms with Crippen LogP contribution < -0.4 is 22.7 Å². The van der Waals surface area contributed by atoms with E-state index in [1.807, 2.05) is 19.4 Å². The van der Waals surface area contributed by atoms with Gasteiger partial charge in [-0.3, -0.25) is 9.11 Å². The van der Waals surface area contributed by atoms with Gasteiger partial charge in [-0.15, -0.1) is 12.4 Å². The minimum Gasteiger partial charge on any atom is -1.00 e. The van der Waals surface area contributed by atoms with Crippen LogP contribution in [0.15, 0.2) is 57.9 Å². The van der Waals surface area contributed by atoms with Crippen LogP contribution >= 0.6 is 23.7 Å². The van der Waals surface area contributed by atoms with Crippen LogP contribution in [0.1, 0.15) is 22.0 Å². The number of aromatic nitrogens is 3. The molecule has 4 rings (SSSR count). The SMILES string of the molecule is Cc1ncc(C[n+]2csc(CCO)c2C)c(N)n1.Cl.O=S(=O)(O)c1cccc2c(S(=O)(=O)O)cccc12.[Cl-]. The lowest BCUT2D eigenvalue weighted by molar-refractivity contribution is -0.689. The Hall–Kier alpha value is -2.43. The van der Waals surface area contributed by atoms with Crippen molar-refractivity contribution in [2.45, 2.75) is 36.6 Å². The normalized spacial score (nSPS) is 11.2. The Morgan fingerprint density at radius 1 is 0.974 bits per heavy atom. The van der Waals surface area contributed by atoms with E-state index in [0.717, 1.165) is 23.4 Å². The van der Waals surface area contributed by atoms with Crippen molar-refractivity contribution in [2.75, 3.05) is 12.3 Å². The number of nitrogen functional groups attached to an aromatic ring is 1. The number of aliphatic hydroxyl groups excluding tert-OH is 1. The number of aliphatic hydroxyl groups is 1. The van der Waals surface area contributed by atoms with E-state index in [4.69, 9.17) is 19.9 Å². The topological polar surface area (TPSA) is 185 Å². The zero-order valence-electron chi connectivity index (χ0n) is 20.1. The Balaban J connectivity index is 0.000000361. The molecule has 0 saturated carbocycles. The lowest BCUT2D eigenvalue weighted by Gasteiger charge is -2.06. The number of rotatable bonds is 6. The maximum Gasteiger partial charge on any atom is 0.295 e. The molecule has 0 bridgehead atoms. The molecule has 16 heteroatoms. The molecule has 0 aliphatic heterocycles. The maximum atomic E-state index is 11.2. The van der Waals surface area contributed by atoms with Crippen molar-refractivity contribution in [2.24, 2.45) is 0 Å². The molecular formula is C22H26Cl2N4O7S3. The molecule has 11 nitrogen and oxygen atoms in total. The number of thiazole rings is 1. The summed E-state index contributed by atoms with van der Waals surface area (Å²) in [5.74, 6) is 1.22. The van der Waals surface area contributed by atoms with Gasteiger partial charge in [0, 0.05) is 36.9 Å². The fraction of sp³-hybridized carbons (Fsp3) is 0.227. The molecular weight excluding hydrogens is 599 g/mol. The molecule has 38 heavy (non-hydrogen) atoms. The van der Waals surface area contributed by atoms with Crippen LogP contribution in [0.25, 0.3) is 10.8 Å². The number of hydrogen-bond acceptors (Lipinski definition) is 9. The standard InChI is InChI=1S/C12H17N4OS.C10H8O6S2.2ClH/c1-8-11(3-4-17)18-7-16(8)6-10-5-14-9(2)15-12(10)13;11-17(12,13)9-5-1-3-7-8(9)4-2-6-10(7)18(14,15)16;;/h5,7,17H,3-4,6H2,1-2H3,(H2,13,14,15);1-6H,(H,11,12,13)(H,14,15,16);2*1H/q+1;;;/p-1. The number of benzene rings is 2. The molecule has 5 N–H and O–H groups in total. The molecule has 0 aliphatic carbocycles. The Labute approximate surface area is 236 Å². The van der Waals surface area contributed by atoms with E-state index in [1.165, 1.54) is 29.1 Å². The van der Waals surface area contributed by atoms with E-state index >= 15 is 0 Å². The fourth-order valence-electron chi connectivity index (χ4n) is 3.47. The molecule has 0 radical (unpaired) electrons. The maximum absolute atomic E-state index is 11.2. The summed E-state index contributed by atoms with van der Waals surface area (Å²) in [6.45, 7) is 4.71. The summed E-state index contributed by atoms with van der Waals surface area (Å²) < 4.78 is 64.8. The predicted molar refractivity (Wildman–Crippen MR) is 141 cm³/mol. The van der Waals surface area contributed by atoms with Crippen molar-refractivity contribution < 1.29 is 48.0 Å². The lowest BCUT2D eigenvalue weighted by Crippen LogP contribution is -3.00. The van der Waals surface area contributed by atoms with Crippen LogP contribution in [0.2, 0.25) is 0 Å². The second-order valence-electron chi connectivity index (χ2n) is 7.72. The minimum absolute atomic E-state index is 0. The third kappa shape index (κ3) is 8.04. The third-order valence-corrected chi connectivity index (χ3v) is 8.22. The summed E-state index contributed by atoms with van der Waals surface area (Å²) >= 11 is 1.65. The molecule has 4 aromatic rings. The zero-order chi connectivity index (χ0) is 26.7. The second-order valence-corrected chi connectivity index (χ2v) is 11.4. The van der Waals surface area contributed by atoms with Gasteiger partial charge in [-0.1, -0.05) is 35.6 Å². The quantitative estimate of drug-likeness (QED) is 0.159. The van der Waals surface area contributed by atoms with Gasteiger partial charge in [0.25, 0.3) is 20.2 Å². The van der Waals surface area contributed by atoms with Crippen LogP contribution in [0.4, 0.5) is 5.82 Å². The summed E-state index contributed by atoms with van der Waals surface area (Å²) in [6.07, 6.45) is 2.47. The van der Waals surface area contributed by atoms with Gasteiger partial charge < -0.3 is 23.2 Å². The van der Waals surface area contributed by atoms with E-state index in [1.54, 1.807) is 17.5 Å². The summed E-state index contributed by atoms with van der Waals surface area (Å²) in [5.41, 5.74) is 10.0. The van der Waals surface area contributed by atoms with Crippen LogP contribution in [0, 0.1) is 13.8 Å². The van der Waals surface area contributed by atoms with Crippen LogP contribution in [-0.4, -0.2) is 47.6 Å². The summed E-state index contributed by atoms with van der Waals surface area (Å²) in [4.78, 5) is 8.70. The number of halogens is 2. The Kier molecular flexibility index (Phi) is 12.0. The second kappa shape index (κ2) is 13.6. The Bertz CT molecular complexity index is 1560.